The number of nitrogens with zero attached hydrogens (tertiary/aromatic N) is 2. The van der Waals surface area contributed by atoms with Crippen molar-refractivity contribution in [1.29, 1.82) is 0 Å². The number of rotatable bonds is 10. The number of hydrogen-bond donors (Lipinski definition) is 2. The zero-order valence-electron chi connectivity index (χ0n) is 16.2. The van der Waals surface area contributed by atoms with Gasteiger partial charge in [-0.15, -0.1) is 0 Å². The van der Waals surface area contributed by atoms with Crippen LogP contribution >= 0.6 is 0 Å². The summed E-state index contributed by atoms with van der Waals surface area (Å²) in [7, 11) is 5.08. The molecule has 0 amide bonds. The van der Waals surface area contributed by atoms with Crippen molar-refractivity contribution in [3.63, 3.8) is 0 Å². The second-order valence-electron chi connectivity index (χ2n) is 5.76. The maximum absolute atomic E-state index is 5.46. The maximum atomic E-state index is 5.46. The van der Waals surface area contributed by atoms with Crippen LogP contribution in [0.4, 0.5) is 0 Å². The van der Waals surface area contributed by atoms with Gasteiger partial charge in [0.15, 0.2) is 5.96 Å². The van der Waals surface area contributed by atoms with Gasteiger partial charge in [0.1, 0.15) is 12.4 Å². The molecule has 1 heterocycles. The van der Waals surface area contributed by atoms with Gasteiger partial charge in [-0.3, -0.25) is 4.99 Å². The molecule has 0 radical (unpaired) electrons. The van der Waals surface area contributed by atoms with Crippen molar-refractivity contribution in [3.8, 4) is 11.6 Å². The highest BCUT2D eigenvalue weighted by Gasteiger charge is 2.03. The molecule has 0 aliphatic heterocycles. The summed E-state index contributed by atoms with van der Waals surface area (Å²) in [5.41, 5.74) is 2.21. The Morgan fingerprint density at radius 2 is 1.93 bits per heavy atom. The van der Waals surface area contributed by atoms with E-state index >= 15 is 0 Å². The highest BCUT2D eigenvalue weighted by molar-refractivity contribution is 5.79. The van der Waals surface area contributed by atoms with Crippen molar-refractivity contribution in [3.05, 3.63) is 53.7 Å². The molecule has 7 heteroatoms. The van der Waals surface area contributed by atoms with E-state index < -0.39 is 0 Å². The van der Waals surface area contributed by atoms with E-state index in [1.165, 1.54) is 0 Å². The molecule has 0 spiro atoms. The summed E-state index contributed by atoms with van der Waals surface area (Å²) in [4.78, 5) is 8.53. The fourth-order valence-electron chi connectivity index (χ4n) is 2.46. The zero-order valence-corrected chi connectivity index (χ0v) is 16.2. The lowest BCUT2D eigenvalue weighted by molar-refractivity contribution is 0.143. The van der Waals surface area contributed by atoms with Crippen molar-refractivity contribution in [2.45, 2.75) is 13.0 Å². The monoisotopic (exact) mass is 372 g/mol. The summed E-state index contributed by atoms with van der Waals surface area (Å²) < 4.78 is 15.8. The Hall–Kier alpha value is -2.80. The van der Waals surface area contributed by atoms with Gasteiger partial charge in [-0.2, -0.15) is 0 Å². The Bertz CT molecular complexity index is 705. The van der Waals surface area contributed by atoms with E-state index in [1.54, 1.807) is 27.5 Å². The van der Waals surface area contributed by atoms with Crippen molar-refractivity contribution in [2.75, 3.05) is 41.0 Å². The van der Waals surface area contributed by atoms with Crippen LogP contribution in [0, 0.1) is 0 Å². The summed E-state index contributed by atoms with van der Waals surface area (Å²) >= 11 is 0. The number of benzene rings is 1. The van der Waals surface area contributed by atoms with Gasteiger partial charge >= 0.3 is 0 Å². The molecule has 0 saturated heterocycles. The second kappa shape index (κ2) is 11.7. The van der Waals surface area contributed by atoms with Crippen molar-refractivity contribution >= 4 is 5.96 Å². The number of methoxy groups -OCH3 is 2. The van der Waals surface area contributed by atoms with E-state index in [9.17, 15) is 0 Å². The van der Waals surface area contributed by atoms with Crippen LogP contribution in [0.3, 0.4) is 0 Å². The van der Waals surface area contributed by atoms with Crippen LogP contribution in [0.1, 0.15) is 11.1 Å². The highest BCUT2D eigenvalue weighted by atomic mass is 16.5. The van der Waals surface area contributed by atoms with Crippen LogP contribution < -0.4 is 20.1 Å². The van der Waals surface area contributed by atoms with E-state index in [0.717, 1.165) is 35.8 Å². The van der Waals surface area contributed by atoms with Gasteiger partial charge in [0.05, 0.1) is 13.7 Å². The summed E-state index contributed by atoms with van der Waals surface area (Å²) in [6.45, 7) is 2.41. The minimum atomic E-state index is 0.490. The van der Waals surface area contributed by atoms with Crippen LogP contribution in [0.2, 0.25) is 0 Å². The Kier molecular flexibility index (Phi) is 8.92. The minimum absolute atomic E-state index is 0.490. The number of para-hydroxylation sites is 1. The number of ether oxygens (including phenoxy) is 3. The van der Waals surface area contributed by atoms with E-state index in [2.05, 4.69) is 26.7 Å². The number of nitrogens with one attached hydrogen (secondary N) is 2. The first kappa shape index (κ1) is 20.5. The Morgan fingerprint density at radius 1 is 1.07 bits per heavy atom. The third-order valence-electron chi connectivity index (χ3n) is 3.90. The summed E-state index contributed by atoms with van der Waals surface area (Å²) in [6, 6.07) is 11.9. The quantitative estimate of drug-likeness (QED) is 0.378. The molecule has 2 aromatic rings. The van der Waals surface area contributed by atoms with Crippen molar-refractivity contribution in [1.82, 2.24) is 15.6 Å². The smallest absolute Gasteiger partial charge is 0.213 e. The first-order valence-electron chi connectivity index (χ1n) is 8.90. The third-order valence-corrected chi connectivity index (χ3v) is 3.90. The topological polar surface area (TPSA) is 77.0 Å². The van der Waals surface area contributed by atoms with E-state index in [-0.39, 0.29) is 0 Å². The molecule has 2 N–H and O–H groups in total. The van der Waals surface area contributed by atoms with E-state index in [1.807, 2.05) is 30.3 Å². The van der Waals surface area contributed by atoms with Gasteiger partial charge < -0.3 is 24.8 Å². The molecule has 146 valence electrons. The molecular formula is C20H28N4O3. The predicted octanol–water partition coefficient (Wildman–Crippen LogP) is 2.02. The lowest BCUT2D eigenvalue weighted by atomic mass is 10.1. The molecule has 1 aromatic heterocycles. The van der Waals surface area contributed by atoms with Gasteiger partial charge in [-0.05, 0) is 23.6 Å². The number of pyridine rings is 1. The van der Waals surface area contributed by atoms with Crippen LogP contribution in [0.5, 0.6) is 11.6 Å². The van der Waals surface area contributed by atoms with Gasteiger partial charge in [0, 0.05) is 39.5 Å². The molecule has 1 aromatic carbocycles. The summed E-state index contributed by atoms with van der Waals surface area (Å²) in [5, 5.41) is 6.59. The molecule has 0 bridgehead atoms. The fraction of sp³-hybridized carbons (Fsp3) is 0.400. The average Bonchev–Trinajstić information content (AvgIpc) is 2.72. The predicted molar refractivity (Wildman–Crippen MR) is 107 cm³/mol. The summed E-state index contributed by atoms with van der Waals surface area (Å²) in [6.07, 6.45) is 2.64. The SMILES string of the molecule is CN=C(NCCc1ccccc1OC)NCc1ccc(OCCOC)nc1. The minimum Gasteiger partial charge on any atom is -0.496 e. The van der Waals surface area contributed by atoms with Crippen LogP contribution in [-0.4, -0.2) is 52.0 Å². The van der Waals surface area contributed by atoms with Gasteiger partial charge in [0.2, 0.25) is 5.88 Å². The molecule has 27 heavy (non-hydrogen) atoms. The van der Waals surface area contributed by atoms with E-state index in [4.69, 9.17) is 14.2 Å². The molecule has 0 unspecified atom stereocenters. The first-order valence-corrected chi connectivity index (χ1v) is 8.90. The molecule has 2 rings (SSSR count). The molecule has 0 atom stereocenters. The molecular weight excluding hydrogens is 344 g/mol. The number of aliphatic imine (C=N–C) groups is 1. The number of aromatic nitrogens is 1. The normalized spacial score (nSPS) is 11.1. The molecule has 0 aliphatic rings. The molecule has 7 nitrogen and oxygen atoms in total. The van der Waals surface area contributed by atoms with Crippen LogP contribution in [0.25, 0.3) is 0 Å². The third kappa shape index (κ3) is 7.15. The largest absolute Gasteiger partial charge is 0.496 e. The summed E-state index contributed by atoms with van der Waals surface area (Å²) in [5.74, 6) is 2.24. The lowest BCUT2D eigenvalue weighted by Gasteiger charge is -2.13. The Morgan fingerprint density at radius 3 is 2.63 bits per heavy atom. The average molecular weight is 372 g/mol. The highest BCUT2D eigenvalue weighted by Crippen LogP contribution is 2.17. The van der Waals surface area contributed by atoms with Crippen LogP contribution in [0.15, 0.2) is 47.6 Å². The standard InChI is InChI=1S/C20H28N4O3/c1-21-20(22-11-10-17-6-4-5-7-18(17)26-3)24-15-16-8-9-19(23-14-16)27-13-12-25-2/h4-9,14H,10-13,15H2,1-3H3,(H2,21,22,24). The zero-order chi connectivity index (χ0) is 19.3. The molecule has 0 aliphatic carbocycles. The fourth-order valence-corrected chi connectivity index (χ4v) is 2.46. The Balaban J connectivity index is 1.75. The maximum Gasteiger partial charge on any atom is 0.213 e. The molecule has 0 fully saturated rings. The van der Waals surface area contributed by atoms with Crippen molar-refractivity contribution in [2.24, 2.45) is 4.99 Å². The van der Waals surface area contributed by atoms with Crippen LogP contribution in [-0.2, 0) is 17.7 Å². The first-order chi connectivity index (χ1) is 13.3. The van der Waals surface area contributed by atoms with Gasteiger partial charge in [-0.25, -0.2) is 4.98 Å². The second-order valence-corrected chi connectivity index (χ2v) is 5.76. The van der Waals surface area contributed by atoms with E-state index in [0.29, 0.717) is 25.6 Å². The Labute approximate surface area is 160 Å². The molecule has 0 saturated carbocycles. The van der Waals surface area contributed by atoms with Crippen molar-refractivity contribution < 1.29 is 14.2 Å². The number of hydrogen-bond acceptors (Lipinski definition) is 5. The lowest BCUT2D eigenvalue weighted by Crippen LogP contribution is -2.37. The number of guanidine groups is 1. The van der Waals surface area contributed by atoms with Gasteiger partial charge in [-0.1, -0.05) is 24.3 Å². The van der Waals surface area contributed by atoms with Gasteiger partial charge in [0.25, 0.3) is 0 Å².